The van der Waals surface area contributed by atoms with Crippen LogP contribution in [-0.4, -0.2) is 18.8 Å². The van der Waals surface area contributed by atoms with E-state index >= 15 is 0 Å². The average Bonchev–Trinajstić information content (AvgIpc) is 2.29. The second kappa shape index (κ2) is 5.66. The van der Waals surface area contributed by atoms with Gasteiger partial charge >= 0.3 is 0 Å². The maximum absolute atomic E-state index is 13.4. The number of nitrogens with zero attached hydrogens (tertiary/aromatic N) is 1. The van der Waals surface area contributed by atoms with E-state index in [1.807, 2.05) is 0 Å². The largest absolute Gasteiger partial charge is 0.265 e. The second-order valence-electron chi connectivity index (χ2n) is 3.33. The van der Waals surface area contributed by atoms with Gasteiger partial charge in [0.1, 0.15) is 4.59 Å². The summed E-state index contributed by atoms with van der Waals surface area (Å²) in [4.78, 5) is -1.00. The van der Waals surface area contributed by atoms with Gasteiger partial charge in [-0.15, -0.1) is 12.2 Å². The summed E-state index contributed by atoms with van der Waals surface area (Å²) in [5, 5.41) is 0. The second-order valence-corrected chi connectivity index (χ2v) is 13.5. The lowest BCUT2D eigenvalue weighted by atomic mass is 10.3. The van der Waals surface area contributed by atoms with Gasteiger partial charge in [-0.3, -0.25) is 4.67 Å². The van der Waals surface area contributed by atoms with Crippen LogP contribution in [0.2, 0.25) is 0 Å². The van der Waals surface area contributed by atoms with Crippen molar-refractivity contribution in [2.45, 2.75) is 4.90 Å². The normalized spacial score (nSPS) is 14.9. The summed E-state index contributed by atoms with van der Waals surface area (Å²) in [6.07, 6.45) is 0. The SMILES string of the molecule is CN(C)P(=S)(S)Sc1c(F)c(F)c(F)c(F)c1F. The zero-order valence-corrected chi connectivity index (χ0v) is 12.5. The van der Waals surface area contributed by atoms with E-state index in [1.165, 1.54) is 18.8 Å². The molecule has 0 amide bonds. The molecule has 0 heterocycles. The number of thiol groups is 1. The predicted octanol–water partition coefficient (Wildman–Crippen LogP) is 4.19. The molecule has 1 atom stereocenters. The van der Waals surface area contributed by atoms with Gasteiger partial charge in [0.2, 0.25) is 5.82 Å². The van der Waals surface area contributed by atoms with Crippen LogP contribution in [-0.2, 0) is 11.8 Å². The van der Waals surface area contributed by atoms with Gasteiger partial charge in [-0.25, -0.2) is 22.0 Å². The van der Waals surface area contributed by atoms with Crippen LogP contribution in [0.4, 0.5) is 22.0 Å². The van der Waals surface area contributed by atoms with Crippen LogP contribution in [0.3, 0.4) is 0 Å². The van der Waals surface area contributed by atoms with Crippen LogP contribution < -0.4 is 0 Å². The molecule has 102 valence electrons. The molecule has 0 spiro atoms. The van der Waals surface area contributed by atoms with Crippen LogP contribution >= 0.6 is 28.2 Å². The van der Waals surface area contributed by atoms with Crippen LogP contribution in [0.25, 0.3) is 0 Å². The third kappa shape index (κ3) is 3.01. The lowest BCUT2D eigenvalue weighted by Gasteiger charge is -2.23. The fourth-order valence-electron chi connectivity index (χ4n) is 0.865. The van der Waals surface area contributed by atoms with E-state index in [0.717, 1.165) is 0 Å². The highest BCUT2D eigenvalue weighted by Crippen LogP contribution is 2.68. The smallest absolute Gasteiger partial charge is 0.200 e. The zero-order chi connectivity index (χ0) is 14.2. The highest BCUT2D eigenvalue weighted by Gasteiger charge is 2.29. The molecule has 1 aromatic carbocycles. The third-order valence-electron chi connectivity index (χ3n) is 1.89. The molecule has 0 N–H and O–H groups in total. The van der Waals surface area contributed by atoms with Gasteiger partial charge in [-0.2, -0.15) is 0 Å². The minimum atomic E-state index is -2.75. The molecule has 0 saturated heterocycles. The Morgan fingerprint density at radius 3 is 1.61 bits per heavy atom. The minimum Gasteiger partial charge on any atom is -0.265 e. The third-order valence-corrected chi connectivity index (χ3v) is 9.37. The molecule has 0 aliphatic carbocycles. The molecule has 10 heteroatoms. The summed E-state index contributed by atoms with van der Waals surface area (Å²) < 4.78 is 64.1. The molecule has 0 aliphatic heterocycles. The number of halogens is 5. The van der Waals surface area contributed by atoms with Gasteiger partial charge in [0.25, 0.3) is 0 Å². The predicted molar refractivity (Wildman–Crippen MR) is 69.0 cm³/mol. The molecular formula is C8H7F5NPS3. The summed E-state index contributed by atoms with van der Waals surface area (Å²) >= 11 is 9.37. The van der Waals surface area contributed by atoms with Crippen molar-refractivity contribution in [3.63, 3.8) is 0 Å². The van der Waals surface area contributed by atoms with E-state index in [0.29, 0.717) is 11.4 Å². The fourth-order valence-corrected chi connectivity index (χ4v) is 4.70. The molecule has 0 saturated carbocycles. The van der Waals surface area contributed by atoms with E-state index in [2.05, 4.69) is 12.2 Å². The van der Waals surface area contributed by atoms with Gasteiger partial charge < -0.3 is 0 Å². The van der Waals surface area contributed by atoms with Crippen molar-refractivity contribution in [2.75, 3.05) is 14.1 Å². The summed E-state index contributed by atoms with van der Waals surface area (Å²) in [7, 11) is 3.01. The molecule has 18 heavy (non-hydrogen) atoms. The Morgan fingerprint density at radius 1 is 0.944 bits per heavy atom. The molecule has 1 unspecified atom stereocenters. The van der Waals surface area contributed by atoms with Gasteiger partial charge in [-0.1, -0.05) is 23.2 Å². The van der Waals surface area contributed by atoms with Crippen molar-refractivity contribution in [2.24, 2.45) is 0 Å². The summed E-state index contributed by atoms with van der Waals surface area (Å²) in [5.41, 5.74) is 0. The first-order chi connectivity index (χ1) is 8.09. The lowest BCUT2D eigenvalue weighted by Crippen LogP contribution is -2.05. The van der Waals surface area contributed by atoms with Gasteiger partial charge in [0, 0.05) is 0 Å². The van der Waals surface area contributed by atoms with Gasteiger partial charge in [0.15, 0.2) is 23.3 Å². The Balaban J connectivity index is 3.40. The summed E-state index contributed by atoms with van der Waals surface area (Å²) in [5.74, 6) is -9.94. The molecule has 0 aliphatic rings. The first-order valence-corrected chi connectivity index (χ1v) is 9.64. The maximum Gasteiger partial charge on any atom is 0.200 e. The van der Waals surface area contributed by atoms with Crippen molar-refractivity contribution < 1.29 is 22.0 Å². The van der Waals surface area contributed by atoms with E-state index < -0.39 is 38.6 Å². The number of rotatable bonds is 3. The van der Waals surface area contributed by atoms with Gasteiger partial charge in [-0.05, 0) is 14.1 Å². The first kappa shape index (κ1) is 16.2. The topological polar surface area (TPSA) is 3.24 Å². The van der Waals surface area contributed by atoms with E-state index in [1.54, 1.807) is 0 Å². The Hall–Kier alpha value is 0.180. The molecule has 1 aromatic rings. The summed E-state index contributed by atoms with van der Waals surface area (Å²) in [6.45, 7) is 0. The van der Waals surface area contributed by atoms with E-state index in [9.17, 15) is 22.0 Å². The quantitative estimate of drug-likeness (QED) is 0.289. The van der Waals surface area contributed by atoms with Gasteiger partial charge in [0.05, 0.1) is 4.90 Å². The van der Waals surface area contributed by atoms with Crippen molar-refractivity contribution in [1.29, 1.82) is 0 Å². The molecular weight excluding hydrogens is 332 g/mol. The highest BCUT2D eigenvalue weighted by atomic mass is 33.2. The Labute approximate surface area is 115 Å². The monoisotopic (exact) mass is 339 g/mol. The van der Waals surface area contributed by atoms with Crippen molar-refractivity contribution >= 4 is 40.0 Å². The van der Waals surface area contributed by atoms with Crippen LogP contribution in [0.15, 0.2) is 4.90 Å². The zero-order valence-electron chi connectivity index (χ0n) is 9.05. The number of hydrogen-bond acceptors (Lipinski definition) is 2. The molecule has 1 nitrogen and oxygen atoms in total. The average molecular weight is 339 g/mol. The van der Waals surface area contributed by atoms with Crippen molar-refractivity contribution in [3.8, 4) is 0 Å². The minimum absolute atomic E-state index is 0.364. The van der Waals surface area contributed by atoms with Crippen molar-refractivity contribution in [1.82, 2.24) is 4.67 Å². The molecule has 0 bridgehead atoms. The fraction of sp³-hybridized carbons (Fsp3) is 0.250. The Bertz CT molecular complexity index is 507. The van der Waals surface area contributed by atoms with Crippen LogP contribution in [0, 0.1) is 29.1 Å². The van der Waals surface area contributed by atoms with Crippen molar-refractivity contribution in [3.05, 3.63) is 29.1 Å². The van der Waals surface area contributed by atoms with Crippen LogP contribution in [0.1, 0.15) is 0 Å². The molecule has 0 aromatic heterocycles. The lowest BCUT2D eigenvalue weighted by molar-refractivity contribution is 0.361. The maximum atomic E-state index is 13.4. The van der Waals surface area contributed by atoms with Crippen LogP contribution in [0.5, 0.6) is 0 Å². The molecule has 0 fully saturated rings. The number of benzene rings is 1. The highest BCUT2D eigenvalue weighted by molar-refractivity contribution is 8.95. The molecule has 1 rings (SSSR count). The summed E-state index contributed by atoms with van der Waals surface area (Å²) in [6, 6.07) is 0. The number of hydrogen-bond donors (Lipinski definition) is 1. The Kier molecular flexibility index (Phi) is 5.11. The standard InChI is InChI=1S/C8H7F5NPS3/c1-14(2)15(16,17)18-8-6(12)4(10)3(9)5(11)7(8)13/h1-2H3,(H,16,17). The molecule has 0 radical (unpaired) electrons. The first-order valence-electron chi connectivity index (χ1n) is 4.31. The van der Waals surface area contributed by atoms with E-state index in [4.69, 9.17) is 11.8 Å². The Morgan fingerprint density at radius 2 is 1.28 bits per heavy atom. The van der Waals surface area contributed by atoms with E-state index in [-0.39, 0.29) is 0 Å².